The van der Waals surface area contributed by atoms with Crippen LogP contribution in [0.25, 0.3) is 0 Å². The molecule has 1 aromatic carbocycles. The Morgan fingerprint density at radius 1 is 1.26 bits per heavy atom. The molecule has 0 aliphatic heterocycles. The standard InChI is InChI=1S/C15H20N2O5S/c1-4-9-16-23(20,21)13-7-5-12(6-8-13)15(19)22-10-14(18)17-11(2)3/h4-8,11,16H,1,9-10H2,2-3H3,(H,17,18). The quantitative estimate of drug-likeness (QED) is 0.539. The van der Waals surface area contributed by atoms with Gasteiger partial charge in [-0.25, -0.2) is 17.9 Å². The number of rotatable bonds is 8. The van der Waals surface area contributed by atoms with Crippen molar-refractivity contribution in [3.8, 4) is 0 Å². The van der Waals surface area contributed by atoms with Gasteiger partial charge < -0.3 is 10.1 Å². The first-order chi connectivity index (χ1) is 10.8. The number of esters is 1. The molecular weight excluding hydrogens is 320 g/mol. The van der Waals surface area contributed by atoms with E-state index in [1.165, 1.54) is 30.3 Å². The molecule has 0 saturated carbocycles. The minimum atomic E-state index is -3.64. The number of carbonyl (C=O) groups is 2. The van der Waals surface area contributed by atoms with Crippen LogP contribution in [0.2, 0.25) is 0 Å². The van der Waals surface area contributed by atoms with Crippen molar-refractivity contribution in [1.29, 1.82) is 0 Å². The van der Waals surface area contributed by atoms with E-state index < -0.39 is 28.5 Å². The van der Waals surface area contributed by atoms with Crippen LogP contribution in [0, 0.1) is 0 Å². The summed E-state index contributed by atoms with van der Waals surface area (Å²) in [5.41, 5.74) is 0.157. The zero-order valence-electron chi connectivity index (χ0n) is 13.0. The summed E-state index contributed by atoms with van der Waals surface area (Å²) in [5.74, 6) is -1.10. The Bertz CT molecular complexity index is 666. The Hall–Kier alpha value is -2.19. The lowest BCUT2D eigenvalue weighted by atomic mass is 10.2. The van der Waals surface area contributed by atoms with Crippen LogP contribution in [0.4, 0.5) is 0 Å². The van der Waals surface area contributed by atoms with Gasteiger partial charge in [0.1, 0.15) is 0 Å². The number of nitrogens with one attached hydrogen (secondary N) is 2. The van der Waals surface area contributed by atoms with Gasteiger partial charge >= 0.3 is 5.97 Å². The fourth-order valence-electron chi connectivity index (χ4n) is 1.60. The lowest BCUT2D eigenvalue weighted by Crippen LogP contribution is -2.34. The number of ether oxygens (including phenoxy) is 1. The van der Waals surface area contributed by atoms with Crippen molar-refractivity contribution in [1.82, 2.24) is 10.0 Å². The Morgan fingerprint density at radius 3 is 2.39 bits per heavy atom. The molecule has 0 aliphatic carbocycles. The van der Waals surface area contributed by atoms with E-state index in [1.807, 2.05) is 0 Å². The van der Waals surface area contributed by atoms with Gasteiger partial charge in [0.05, 0.1) is 10.5 Å². The van der Waals surface area contributed by atoms with Gasteiger partial charge in [-0.2, -0.15) is 0 Å². The largest absolute Gasteiger partial charge is 0.452 e. The second-order valence-electron chi connectivity index (χ2n) is 4.96. The molecule has 0 spiro atoms. The van der Waals surface area contributed by atoms with Crippen molar-refractivity contribution in [2.45, 2.75) is 24.8 Å². The Balaban J connectivity index is 2.67. The molecule has 0 aromatic heterocycles. The molecule has 0 heterocycles. The molecule has 0 aliphatic rings. The lowest BCUT2D eigenvalue weighted by Gasteiger charge is -2.09. The number of hydrogen-bond donors (Lipinski definition) is 2. The van der Waals surface area contributed by atoms with Gasteiger partial charge in [0.25, 0.3) is 5.91 Å². The number of sulfonamides is 1. The summed E-state index contributed by atoms with van der Waals surface area (Å²) >= 11 is 0. The third kappa shape index (κ3) is 6.21. The van der Waals surface area contributed by atoms with Crippen LogP contribution in [0.3, 0.4) is 0 Å². The first kappa shape index (κ1) is 18.9. The summed E-state index contributed by atoms with van der Waals surface area (Å²) in [6.07, 6.45) is 1.42. The van der Waals surface area contributed by atoms with Gasteiger partial charge in [0, 0.05) is 12.6 Å². The number of benzene rings is 1. The fourth-order valence-corrected chi connectivity index (χ4v) is 2.60. The average Bonchev–Trinajstić information content (AvgIpc) is 2.50. The summed E-state index contributed by atoms with van der Waals surface area (Å²) < 4.78 is 30.9. The monoisotopic (exact) mass is 340 g/mol. The summed E-state index contributed by atoms with van der Waals surface area (Å²) in [5, 5.41) is 2.59. The van der Waals surface area contributed by atoms with Crippen LogP contribution in [-0.2, 0) is 19.6 Å². The van der Waals surface area contributed by atoms with E-state index >= 15 is 0 Å². The van der Waals surface area contributed by atoms with Gasteiger partial charge in [0.2, 0.25) is 10.0 Å². The highest BCUT2D eigenvalue weighted by Crippen LogP contribution is 2.11. The van der Waals surface area contributed by atoms with Crippen LogP contribution in [0.15, 0.2) is 41.8 Å². The molecule has 126 valence electrons. The van der Waals surface area contributed by atoms with E-state index in [0.29, 0.717) is 0 Å². The predicted molar refractivity (Wildman–Crippen MR) is 85.4 cm³/mol. The van der Waals surface area contributed by atoms with Crippen molar-refractivity contribution >= 4 is 21.9 Å². The molecule has 1 aromatic rings. The third-order valence-corrected chi connectivity index (χ3v) is 4.04. The maximum atomic E-state index is 11.9. The van der Waals surface area contributed by atoms with Gasteiger partial charge in [-0.05, 0) is 38.1 Å². The third-order valence-electron chi connectivity index (χ3n) is 2.60. The molecule has 2 N–H and O–H groups in total. The van der Waals surface area contributed by atoms with Gasteiger partial charge in [-0.3, -0.25) is 4.79 Å². The molecular formula is C15H20N2O5S. The SMILES string of the molecule is C=CCNS(=O)(=O)c1ccc(C(=O)OCC(=O)NC(C)C)cc1. The van der Waals surface area contributed by atoms with Gasteiger partial charge in [-0.1, -0.05) is 6.08 Å². The first-order valence-corrected chi connectivity index (χ1v) is 8.41. The maximum Gasteiger partial charge on any atom is 0.338 e. The molecule has 0 atom stereocenters. The maximum absolute atomic E-state index is 11.9. The number of hydrogen-bond acceptors (Lipinski definition) is 5. The van der Waals surface area contributed by atoms with Crippen molar-refractivity contribution < 1.29 is 22.7 Å². The molecule has 23 heavy (non-hydrogen) atoms. The molecule has 1 amide bonds. The second-order valence-corrected chi connectivity index (χ2v) is 6.73. The molecule has 0 bridgehead atoms. The average molecular weight is 340 g/mol. The summed E-state index contributed by atoms with van der Waals surface area (Å²) in [4.78, 5) is 23.2. The Kier molecular flexibility index (Phi) is 6.92. The zero-order valence-corrected chi connectivity index (χ0v) is 13.9. The minimum absolute atomic E-state index is 0.0217. The van der Waals surface area contributed by atoms with Gasteiger partial charge in [0.15, 0.2) is 6.61 Å². The van der Waals surface area contributed by atoms with Crippen molar-refractivity contribution in [3.63, 3.8) is 0 Å². The van der Waals surface area contributed by atoms with Crippen molar-refractivity contribution in [2.75, 3.05) is 13.2 Å². The van der Waals surface area contributed by atoms with Crippen LogP contribution >= 0.6 is 0 Å². The topological polar surface area (TPSA) is 102 Å². The minimum Gasteiger partial charge on any atom is -0.452 e. The smallest absolute Gasteiger partial charge is 0.338 e. The van der Waals surface area contributed by atoms with Crippen LogP contribution < -0.4 is 10.0 Å². The number of amides is 1. The summed E-state index contributed by atoms with van der Waals surface area (Å²) in [7, 11) is -3.64. The van der Waals surface area contributed by atoms with Crippen LogP contribution in [-0.4, -0.2) is 39.5 Å². The summed E-state index contributed by atoms with van der Waals surface area (Å²) in [6.45, 7) is 6.73. The van der Waals surface area contributed by atoms with Crippen molar-refractivity contribution in [2.24, 2.45) is 0 Å². The summed E-state index contributed by atoms with van der Waals surface area (Å²) in [6, 6.07) is 5.18. The van der Waals surface area contributed by atoms with E-state index in [-0.39, 0.29) is 23.0 Å². The first-order valence-electron chi connectivity index (χ1n) is 6.93. The highest BCUT2D eigenvalue weighted by molar-refractivity contribution is 7.89. The van der Waals surface area contributed by atoms with Crippen LogP contribution in [0.5, 0.6) is 0 Å². The molecule has 0 unspecified atom stereocenters. The van der Waals surface area contributed by atoms with E-state index in [0.717, 1.165) is 0 Å². The molecule has 7 nitrogen and oxygen atoms in total. The van der Waals surface area contributed by atoms with Gasteiger partial charge in [-0.15, -0.1) is 6.58 Å². The van der Waals surface area contributed by atoms with Crippen LogP contribution in [0.1, 0.15) is 24.2 Å². The highest BCUT2D eigenvalue weighted by atomic mass is 32.2. The van der Waals surface area contributed by atoms with E-state index in [9.17, 15) is 18.0 Å². The Labute approximate surface area is 135 Å². The van der Waals surface area contributed by atoms with E-state index in [2.05, 4.69) is 16.6 Å². The predicted octanol–water partition coefficient (Wildman–Crippen LogP) is 0.832. The van der Waals surface area contributed by atoms with E-state index in [4.69, 9.17) is 4.74 Å². The molecule has 0 saturated heterocycles. The molecule has 1 rings (SSSR count). The molecule has 8 heteroatoms. The highest BCUT2D eigenvalue weighted by Gasteiger charge is 2.15. The lowest BCUT2D eigenvalue weighted by molar-refractivity contribution is -0.124. The normalized spacial score (nSPS) is 11.1. The molecule has 0 radical (unpaired) electrons. The fraction of sp³-hybridized carbons (Fsp3) is 0.333. The molecule has 0 fully saturated rings. The zero-order chi connectivity index (χ0) is 17.5. The van der Waals surface area contributed by atoms with E-state index in [1.54, 1.807) is 13.8 Å². The second kappa shape index (κ2) is 8.44. The Morgan fingerprint density at radius 2 is 1.87 bits per heavy atom. The van der Waals surface area contributed by atoms with Crippen molar-refractivity contribution in [3.05, 3.63) is 42.5 Å². The number of carbonyl (C=O) groups excluding carboxylic acids is 2.